The predicted octanol–water partition coefficient (Wildman–Crippen LogP) is 4.96. The molecule has 0 saturated carbocycles. The summed E-state index contributed by atoms with van der Waals surface area (Å²) in [6, 6.07) is 15.3. The molecule has 5 rings (SSSR count). The number of hydrogen-bond acceptors (Lipinski definition) is 5. The maximum absolute atomic E-state index is 14.1. The zero-order valence-electron chi connectivity index (χ0n) is 19.6. The number of fused-ring (bicyclic) bond motifs is 2. The van der Waals surface area contributed by atoms with E-state index in [1.807, 2.05) is 0 Å². The molecular weight excluding hydrogens is 488 g/mol. The molecule has 7 nitrogen and oxygen atoms in total. The van der Waals surface area contributed by atoms with Crippen molar-refractivity contribution < 1.29 is 27.8 Å². The smallest absolute Gasteiger partial charge is 0.323 e. The van der Waals surface area contributed by atoms with Gasteiger partial charge in [0.05, 0.1) is 26.5 Å². The molecule has 0 unspecified atom stereocenters. The lowest BCUT2D eigenvalue weighted by molar-refractivity contribution is -0.123. The first-order chi connectivity index (χ1) is 17.4. The minimum absolute atomic E-state index is 0.0195. The SMILES string of the molecule is COc1ccc(NC(=O)N2CCS[C@]23C(=O)N(Cc2ccc(F)c(F)c2)c2ccc(OC)cc23)cc1. The second-order valence-electron chi connectivity index (χ2n) is 8.33. The van der Waals surface area contributed by atoms with Crippen LogP contribution in [0.3, 0.4) is 0 Å². The van der Waals surface area contributed by atoms with Crippen LogP contribution in [0.15, 0.2) is 60.7 Å². The Morgan fingerprint density at radius 2 is 1.72 bits per heavy atom. The van der Waals surface area contributed by atoms with E-state index < -0.39 is 22.5 Å². The summed E-state index contributed by atoms with van der Waals surface area (Å²) >= 11 is 1.36. The summed E-state index contributed by atoms with van der Waals surface area (Å²) in [6.07, 6.45) is 0. The molecule has 3 aromatic rings. The quantitative estimate of drug-likeness (QED) is 0.524. The molecule has 1 fully saturated rings. The van der Waals surface area contributed by atoms with Crippen LogP contribution in [-0.2, 0) is 16.2 Å². The number of amides is 3. The molecule has 2 aliphatic heterocycles. The van der Waals surface area contributed by atoms with Crippen LogP contribution in [0.1, 0.15) is 11.1 Å². The maximum atomic E-state index is 14.1. The molecule has 1 saturated heterocycles. The van der Waals surface area contributed by atoms with Gasteiger partial charge < -0.3 is 19.7 Å². The standard InChI is InChI=1S/C26H23F2N3O4S/c1-34-18-6-4-17(5-7-18)29-25(33)31-11-12-36-26(31)20-14-19(35-2)8-10-23(20)30(24(26)32)15-16-3-9-21(27)22(28)13-16/h3-10,13-14H,11-12,15H2,1-2H3,(H,29,33)/t26-/m1/s1. The third-order valence-electron chi connectivity index (χ3n) is 6.31. The van der Waals surface area contributed by atoms with E-state index in [0.29, 0.717) is 46.3 Å². The second kappa shape index (κ2) is 9.34. The third kappa shape index (κ3) is 3.91. The molecule has 1 N–H and O–H groups in total. The highest BCUT2D eigenvalue weighted by molar-refractivity contribution is 8.01. The van der Waals surface area contributed by atoms with Crippen LogP contribution >= 0.6 is 11.8 Å². The van der Waals surface area contributed by atoms with Crippen molar-refractivity contribution >= 4 is 35.1 Å². The zero-order valence-corrected chi connectivity index (χ0v) is 20.4. The van der Waals surface area contributed by atoms with Gasteiger partial charge in [-0.3, -0.25) is 9.69 Å². The fourth-order valence-electron chi connectivity index (χ4n) is 4.56. The van der Waals surface area contributed by atoms with Gasteiger partial charge in [0.1, 0.15) is 11.5 Å². The Kier molecular flexibility index (Phi) is 6.21. The summed E-state index contributed by atoms with van der Waals surface area (Å²) in [4.78, 5) is 29.2. The molecule has 0 aromatic heterocycles. The van der Waals surface area contributed by atoms with Gasteiger partial charge in [-0.25, -0.2) is 13.6 Å². The van der Waals surface area contributed by atoms with Gasteiger partial charge in [-0.1, -0.05) is 6.07 Å². The van der Waals surface area contributed by atoms with Crippen molar-refractivity contribution in [1.82, 2.24) is 4.90 Å². The Morgan fingerprint density at radius 1 is 1.00 bits per heavy atom. The van der Waals surface area contributed by atoms with E-state index in [0.717, 1.165) is 12.1 Å². The number of hydrogen-bond donors (Lipinski definition) is 1. The Hall–Kier alpha value is -3.79. The summed E-state index contributed by atoms with van der Waals surface area (Å²) in [5.41, 5.74) is 2.19. The Balaban J connectivity index is 1.52. The first-order valence-corrected chi connectivity index (χ1v) is 12.2. The van der Waals surface area contributed by atoms with Gasteiger partial charge in [0.2, 0.25) is 0 Å². The van der Waals surface area contributed by atoms with Gasteiger partial charge in [0.25, 0.3) is 5.91 Å². The highest BCUT2D eigenvalue weighted by atomic mass is 32.2. The van der Waals surface area contributed by atoms with Gasteiger partial charge >= 0.3 is 6.03 Å². The number of nitrogens with zero attached hydrogens (tertiary/aromatic N) is 2. The molecule has 1 spiro atoms. The third-order valence-corrected chi connectivity index (χ3v) is 7.73. The van der Waals surface area contributed by atoms with Crippen molar-refractivity contribution in [2.45, 2.75) is 11.4 Å². The minimum Gasteiger partial charge on any atom is -0.497 e. The van der Waals surface area contributed by atoms with E-state index in [4.69, 9.17) is 9.47 Å². The van der Waals surface area contributed by atoms with E-state index in [1.54, 1.807) is 49.6 Å². The number of anilines is 2. The molecule has 1 atom stereocenters. The average Bonchev–Trinajstić information content (AvgIpc) is 3.43. The summed E-state index contributed by atoms with van der Waals surface area (Å²) in [5, 5.41) is 2.87. The fourth-order valence-corrected chi connectivity index (χ4v) is 6.02. The van der Waals surface area contributed by atoms with Gasteiger partial charge in [0.15, 0.2) is 16.5 Å². The van der Waals surface area contributed by atoms with E-state index in [9.17, 15) is 18.4 Å². The number of nitrogens with one attached hydrogen (secondary N) is 1. The number of ether oxygens (including phenoxy) is 2. The number of halogens is 2. The molecule has 36 heavy (non-hydrogen) atoms. The van der Waals surface area contributed by atoms with Crippen LogP contribution < -0.4 is 19.7 Å². The number of carbonyl (C=O) groups is 2. The molecule has 3 amide bonds. The molecule has 2 aliphatic rings. The molecule has 2 heterocycles. The van der Waals surface area contributed by atoms with Crippen molar-refractivity contribution in [3.63, 3.8) is 0 Å². The van der Waals surface area contributed by atoms with Gasteiger partial charge in [-0.15, -0.1) is 11.8 Å². The zero-order chi connectivity index (χ0) is 25.4. The number of rotatable bonds is 5. The second-order valence-corrected chi connectivity index (χ2v) is 9.61. The molecule has 10 heteroatoms. The summed E-state index contributed by atoms with van der Waals surface area (Å²) in [5.74, 6) is -0.541. The van der Waals surface area contributed by atoms with Crippen molar-refractivity contribution in [1.29, 1.82) is 0 Å². The molecule has 3 aromatic carbocycles. The maximum Gasteiger partial charge on any atom is 0.323 e. The molecule has 186 valence electrons. The van der Waals surface area contributed by atoms with Crippen LogP contribution in [0, 0.1) is 11.6 Å². The summed E-state index contributed by atoms with van der Waals surface area (Å²) < 4.78 is 38.0. The fraction of sp³-hybridized carbons (Fsp3) is 0.231. The van der Waals surface area contributed by atoms with Crippen molar-refractivity contribution in [3.05, 3.63) is 83.4 Å². The lowest BCUT2D eigenvalue weighted by Gasteiger charge is -2.33. The van der Waals surface area contributed by atoms with Gasteiger partial charge in [-0.05, 0) is 60.2 Å². The summed E-state index contributed by atoms with van der Waals surface area (Å²) in [6.45, 7) is 0.361. The predicted molar refractivity (Wildman–Crippen MR) is 133 cm³/mol. The van der Waals surface area contributed by atoms with E-state index in [-0.39, 0.29) is 12.5 Å². The molecule has 0 bridgehead atoms. The molecule has 0 radical (unpaired) electrons. The Morgan fingerprint density at radius 3 is 2.42 bits per heavy atom. The number of urea groups is 1. The molecular formula is C26H23F2N3O4S. The van der Waals surface area contributed by atoms with E-state index in [1.165, 1.54) is 34.7 Å². The monoisotopic (exact) mass is 511 g/mol. The minimum atomic E-state index is -1.32. The van der Waals surface area contributed by atoms with Crippen molar-refractivity contribution in [2.24, 2.45) is 0 Å². The Labute approximate surface area is 211 Å². The van der Waals surface area contributed by atoms with Gasteiger partial charge in [-0.2, -0.15) is 0 Å². The van der Waals surface area contributed by atoms with Crippen LogP contribution in [0.25, 0.3) is 0 Å². The normalized spacial score (nSPS) is 18.5. The summed E-state index contributed by atoms with van der Waals surface area (Å²) in [7, 11) is 3.09. The highest BCUT2D eigenvalue weighted by Crippen LogP contribution is 2.55. The lowest BCUT2D eigenvalue weighted by Crippen LogP contribution is -2.51. The highest BCUT2D eigenvalue weighted by Gasteiger charge is 2.59. The first-order valence-electron chi connectivity index (χ1n) is 11.2. The number of thioether (sulfide) groups is 1. The van der Waals surface area contributed by atoms with Crippen molar-refractivity contribution in [3.8, 4) is 11.5 Å². The topological polar surface area (TPSA) is 71.1 Å². The first kappa shape index (κ1) is 23.9. The number of methoxy groups -OCH3 is 2. The van der Waals surface area contributed by atoms with Crippen LogP contribution in [-0.4, -0.2) is 43.4 Å². The average molecular weight is 512 g/mol. The number of benzene rings is 3. The Bertz CT molecular complexity index is 1340. The van der Waals surface area contributed by atoms with E-state index >= 15 is 0 Å². The van der Waals surface area contributed by atoms with Crippen LogP contribution in [0.5, 0.6) is 11.5 Å². The number of carbonyl (C=O) groups excluding carboxylic acids is 2. The van der Waals surface area contributed by atoms with Gasteiger partial charge in [0, 0.05) is 23.5 Å². The van der Waals surface area contributed by atoms with Crippen LogP contribution in [0.2, 0.25) is 0 Å². The lowest BCUT2D eigenvalue weighted by atomic mass is 10.1. The molecule has 0 aliphatic carbocycles. The largest absolute Gasteiger partial charge is 0.497 e. The van der Waals surface area contributed by atoms with E-state index in [2.05, 4.69) is 5.32 Å². The van der Waals surface area contributed by atoms with Crippen LogP contribution in [0.4, 0.5) is 25.0 Å². The van der Waals surface area contributed by atoms with Crippen molar-refractivity contribution in [2.75, 3.05) is 36.7 Å².